The molecule has 0 radical (unpaired) electrons. The van der Waals surface area contributed by atoms with E-state index < -0.39 is 6.29 Å². The summed E-state index contributed by atoms with van der Waals surface area (Å²) in [6, 6.07) is 13.5. The van der Waals surface area contributed by atoms with Crippen LogP contribution >= 0.6 is 0 Å². The molecule has 2 aliphatic rings. The molecule has 1 aliphatic carbocycles. The van der Waals surface area contributed by atoms with Gasteiger partial charge in [-0.3, -0.25) is 0 Å². The third-order valence-electron chi connectivity index (χ3n) is 6.18. The SMILES string of the molecule is CCCCCC1CCC(c2ccc(-c3ccc4c(c3)OC(F)(F)O4)cc2)CC1. The first kappa shape index (κ1) is 19.2. The van der Waals surface area contributed by atoms with Gasteiger partial charge < -0.3 is 9.47 Å². The maximum atomic E-state index is 13.2. The van der Waals surface area contributed by atoms with Gasteiger partial charge in [-0.1, -0.05) is 62.9 Å². The van der Waals surface area contributed by atoms with Crippen LogP contribution in [0.25, 0.3) is 11.1 Å². The molecule has 0 amide bonds. The fourth-order valence-electron chi connectivity index (χ4n) is 4.54. The molecule has 150 valence electrons. The van der Waals surface area contributed by atoms with Crippen molar-refractivity contribution in [3.05, 3.63) is 48.0 Å². The van der Waals surface area contributed by atoms with Gasteiger partial charge in [0, 0.05) is 0 Å². The Morgan fingerprint density at radius 2 is 1.54 bits per heavy atom. The predicted molar refractivity (Wildman–Crippen MR) is 107 cm³/mol. The van der Waals surface area contributed by atoms with E-state index in [1.807, 2.05) is 0 Å². The third kappa shape index (κ3) is 4.31. The number of hydrogen-bond acceptors (Lipinski definition) is 2. The number of unbranched alkanes of at least 4 members (excludes halogenated alkanes) is 2. The first-order valence-electron chi connectivity index (χ1n) is 10.5. The van der Waals surface area contributed by atoms with Crippen LogP contribution in [-0.4, -0.2) is 6.29 Å². The van der Waals surface area contributed by atoms with E-state index in [-0.39, 0.29) is 11.5 Å². The number of hydrogen-bond donors (Lipinski definition) is 0. The minimum absolute atomic E-state index is 0.0843. The average Bonchev–Trinajstić information content (AvgIpc) is 3.02. The Morgan fingerprint density at radius 1 is 0.857 bits per heavy atom. The van der Waals surface area contributed by atoms with Crippen LogP contribution in [0.1, 0.15) is 69.8 Å². The van der Waals surface area contributed by atoms with Crippen LogP contribution in [0.3, 0.4) is 0 Å². The summed E-state index contributed by atoms with van der Waals surface area (Å²) in [7, 11) is 0. The van der Waals surface area contributed by atoms with Gasteiger partial charge in [0.2, 0.25) is 0 Å². The molecule has 4 rings (SSSR count). The van der Waals surface area contributed by atoms with Crippen molar-refractivity contribution in [3.63, 3.8) is 0 Å². The minimum atomic E-state index is -3.57. The second-order valence-corrected chi connectivity index (χ2v) is 8.16. The van der Waals surface area contributed by atoms with Crippen molar-refractivity contribution in [2.75, 3.05) is 0 Å². The molecule has 1 aliphatic heterocycles. The molecule has 28 heavy (non-hydrogen) atoms. The van der Waals surface area contributed by atoms with Gasteiger partial charge in [0.25, 0.3) is 0 Å². The molecular weight excluding hydrogens is 358 g/mol. The van der Waals surface area contributed by atoms with E-state index in [2.05, 4.69) is 40.7 Å². The highest BCUT2D eigenvalue weighted by atomic mass is 19.3. The van der Waals surface area contributed by atoms with Gasteiger partial charge in [-0.05, 0) is 66.3 Å². The van der Waals surface area contributed by atoms with Gasteiger partial charge in [-0.2, -0.15) is 0 Å². The lowest BCUT2D eigenvalue weighted by molar-refractivity contribution is -0.286. The first-order valence-corrected chi connectivity index (χ1v) is 10.5. The van der Waals surface area contributed by atoms with Crippen molar-refractivity contribution in [1.29, 1.82) is 0 Å². The second kappa shape index (κ2) is 8.10. The number of rotatable bonds is 6. The fourth-order valence-corrected chi connectivity index (χ4v) is 4.54. The molecule has 1 heterocycles. The van der Waals surface area contributed by atoms with Crippen molar-refractivity contribution in [3.8, 4) is 22.6 Å². The normalized spacial score (nSPS) is 23.0. The van der Waals surface area contributed by atoms with Crippen molar-refractivity contribution in [2.45, 2.75) is 70.5 Å². The lowest BCUT2D eigenvalue weighted by Gasteiger charge is -2.29. The molecule has 0 atom stereocenters. The average molecular weight is 386 g/mol. The van der Waals surface area contributed by atoms with E-state index in [0.717, 1.165) is 17.0 Å². The highest BCUT2D eigenvalue weighted by Gasteiger charge is 2.43. The van der Waals surface area contributed by atoms with E-state index in [4.69, 9.17) is 0 Å². The molecule has 4 heteroatoms. The molecule has 1 fully saturated rings. The van der Waals surface area contributed by atoms with Gasteiger partial charge in [0.1, 0.15) is 0 Å². The molecular formula is C24H28F2O2. The van der Waals surface area contributed by atoms with Gasteiger partial charge in [0.15, 0.2) is 11.5 Å². The molecule has 1 saturated carbocycles. The lowest BCUT2D eigenvalue weighted by atomic mass is 9.77. The zero-order valence-corrected chi connectivity index (χ0v) is 16.4. The van der Waals surface area contributed by atoms with E-state index in [1.165, 1.54) is 56.9 Å². The molecule has 0 spiro atoms. The third-order valence-corrected chi connectivity index (χ3v) is 6.18. The summed E-state index contributed by atoms with van der Waals surface area (Å²) < 4.78 is 35.4. The molecule has 0 aromatic heterocycles. The van der Waals surface area contributed by atoms with E-state index in [1.54, 1.807) is 18.2 Å². The Hall–Kier alpha value is -2.10. The topological polar surface area (TPSA) is 18.5 Å². The van der Waals surface area contributed by atoms with Crippen LogP contribution in [0.4, 0.5) is 8.78 Å². The van der Waals surface area contributed by atoms with Crippen LogP contribution in [-0.2, 0) is 0 Å². The van der Waals surface area contributed by atoms with Gasteiger partial charge in [0.05, 0.1) is 0 Å². The zero-order valence-electron chi connectivity index (χ0n) is 16.4. The Kier molecular flexibility index (Phi) is 5.56. The standard InChI is InChI=1S/C24H28F2O2/c1-2-3-4-5-17-6-8-18(9-7-17)19-10-12-20(13-11-19)21-14-15-22-23(16-21)28-24(25,26)27-22/h10-18H,2-9H2,1H3. The summed E-state index contributed by atoms with van der Waals surface area (Å²) in [6.45, 7) is 2.26. The molecule has 2 aromatic rings. The van der Waals surface area contributed by atoms with Crippen molar-refractivity contribution < 1.29 is 18.3 Å². The number of alkyl halides is 2. The van der Waals surface area contributed by atoms with E-state index in [0.29, 0.717) is 5.92 Å². The van der Waals surface area contributed by atoms with Gasteiger partial charge in [-0.15, -0.1) is 8.78 Å². The second-order valence-electron chi connectivity index (χ2n) is 8.16. The van der Waals surface area contributed by atoms with Crippen LogP contribution in [0, 0.1) is 5.92 Å². The quantitative estimate of drug-likeness (QED) is 0.478. The van der Waals surface area contributed by atoms with Gasteiger partial charge in [-0.25, -0.2) is 0 Å². The molecule has 0 saturated heterocycles. The summed E-state index contributed by atoms with van der Waals surface area (Å²) in [5.41, 5.74) is 3.24. The summed E-state index contributed by atoms with van der Waals surface area (Å²) in [5.74, 6) is 1.73. The molecule has 0 unspecified atom stereocenters. The maximum Gasteiger partial charge on any atom is 0.586 e. The highest BCUT2D eigenvalue weighted by molar-refractivity contribution is 5.68. The van der Waals surface area contributed by atoms with Crippen molar-refractivity contribution in [2.24, 2.45) is 5.92 Å². The van der Waals surface area contributed by atoms with Crippen LogP contribution in [0.2, 0.25) is 0 Å². The van der Waals surface area contributed by atoms with Crippen LogP contribution < -0.4 is 9.47 Å². The van der Waals surface area contributed by atoms with Crippen LogP contribution in [0.5, 0.6) is 11.5 Å². The number of benzene rings is 2. The molecule has 0 bridgehead atoms. The molecule has 2 aromatic carbocycles. The Morgan fingerprint density at radius 3 is 2.25 bits per heavy atom. The summed E-state index contributed by atoms with van der Waals surface area (Å²) in [4.78, 5) is 0. The smallest absolute Gasteiger partial charge is 0.395 e. The predicted octanol–water partition coefficient (Wildman–Crippen LogP) is 7.53. The van der Waals surface area contributed by atoms with Crippen LogP contribution in [0.15, 0.2) is 42.5 Å². The number of ether oxygens (including phenoxy) is 2. The number of fused-ring (bicyclic) bond motifs is 1. The summed E-state index contributed by atoms with van der Waals surface area (Å²) in [6.07, 6.45) is 7.08. The monoisotopic (exact) mass is 386 g/mol. The van der Waals surface area contributed by atoms with E-state index >= 15 is 0 Å². The Bertz CT molecular complexity index is 793. The zero-order chi connectivity index (χ0) is 19.6. The largest absolute Gasteiger partial charge is 0.586 e. The Balaban J connectivity index is 1.38. The maximum absolute atomic E-state index is 13.2. The first-order chi connectivity index (χ1) is 13.5. The van der Waals surface area contributed by atoms with Crippen molar-refractivity contribution in [1.82, 2.24) is 0 Å². The molecule has 0 N–H and O–H groups in total. The van der Waals surface area contributed by atoms with Gasteiger partial charge >= 0.3 is 6.29 Å². The summed E-state index contributed by atoms with van der Waals surface area (Å²) in [5, 5.41) is 0. The van der Waals surface area contributed by atoms with Crippen molar-refractivity contribution >= 4 is 0 Å². The number of halogens is 2. The molecule has 2 nitrogen and oxygen atoms in total. The minimum Gasteiger partial charge on any atom is -0.395 e. The van der Waals surface area contributed by atoms with E-state index in [9.17, 15) is 8.78 Å². The highest BCUT2D eigenvalue weighted by Crippen LogP contribution is 2.43. The summed E-state index contributed by atoms with van der Waals surface area (Å²) >= 11 is 0. The Labute approximate surface area is 165 Å². The fraction of sp³-hybridized carbons (Fsp3) is 0.500. The lowest BCUT2D eigenvalue weighted by Crippen LogP contribution is -2.25.